The highest BCUT2D eigenvalue weighted by molar-refractivity contribution is 7.82. The zero-order valence-corrected chi connectivity index (χ0v) is 82.3. The molecule has 48 heteroatoms. The second-order valence-electron chi connectivity index (χ2n) is 35.1. The molecule has 13 atom stereocenters. The molecular weight excluding hydrogens is 2000 g/mol. The molecule has 45 nitrogen and oxygen atoms in total. The minimum Gasteiger partial charge on any atom is -0.508 e. The topological polar surface area (TPSA) is 586 Å². The zero-order valence-electron chi connectivity index (χ0n) is 79.8. The Morgan fingerprint density at radius 3 is 1.91 bits per heavy atom. The van der Waals surface area contributed by atoms with Gasteiger partial charge in [-0.15, -0.1) is 36.2 Å². The second-order valence-corrected chi connectivity index (χ2v) is 38.3. The number of phenolic OH excluding ortho intramolecular Hbond substituents is 1. The van der Waals surface area contributed by atoms with Crippen LogP contribution in [0.25, 0.3) is 0 Å². The minimum atomic E-state index is -5.26. The Morgan fingerprint density at radius 2 is 1.22 bits per heavy atom. The van der Waals surface area contributed by atoms with E-state index in [2.05, 4.69) is 27.5 Å². The first-order chi connectivity index (χ1) is 71.3. The largest absolute Gasteiger partial charge is 0.508 e. The molecule has 10 aromatic rings. The minimum absolute atomic E-state index is 0.0124. The molecule has 2 saturated heterocycles. The molecule has 9 heterocycles. The van der Waals surface area contributed by atoms with Gasteiger partial charge in [-0.1, -0.05) is 60.3 Å². The summed E-state index contributed by atoms with van der Waals surface area (Å²) < 4.78 is 117. The summed E-state index contributed by atoms with van der Waals surface area (Å²) >= 11 is 2.93. The smallest absolute Gasteiger partial charge is 0.501 e. The first-order valence-corrected chi connectivity index (χ1v) is 49.7. The van der Waals surface area contributed by atoms with Gasteiger partial charge in [0, 0.05) is 91.3 Å². The van der Waals surface area contributed by atoms with Gasteiger partial charge in [-0.3, -0.25) is 29.4 Å². The standard InChI is InChI=1S/C100H108N10O35S3/c1-55-5-20-84(114)107(55)25-28-134-29-30-135-54-65-47-106(104-103-65)24-27-133-26-23-101-92(121)62-12-19-75(141-98-90(120)87(117)88(118)91(143-98)96(125)126)80(36-62)145-148(129,130)144-69-17-8-56(9-18-69)43-105(2)44-59-33-60(52-136-78-40-72(102-99(127)138-50-57-6-13-67(113)14-7-57)70(38-76(78)131-3)93(122)108-45-63-21-31-146-82(63)37-66(108)48-111)35-61(34-59)53-137-79-41-73-71(39-77(79)132-4)94(123)109-46-64-22-32-147-83(64)42-74(109)95(124)110(73)100(128)139-51-58-10-15-68(16-11-58)140-97-89(119)86(116)85(115)81(49-112)142-97/h5-22,31-36,38-41,47,66,74,81,85-91,95,97-98,111-113,115-120,124H,1,23-30,37,42-46,48-54H2,2-4H3,(H,101,121)(H,102,127)(H,125,126)/t66-,74-,81+,85-,86-,87-,88+,89+,90+,91-,95?,97?,98?/m0/s1. The van der Waals surface area contributed by atoms with E-state index in [1.165, 1.54) is 141 Å². The molecule has 0 saturated carbocycles. The van der Waals surface area contributed by atoms with Crippen LogP contribution >= 0.6 is 22.7 Å². The highest BCUT2D eigenvalue weighted by Gasteiger charge is 2.51. The van der Waals surface area contributed by atoms with Crippen LogP contribution in [0.5, 0.6) is 51.7 Å². The number of carboxylic acids is 1. The molecule has 786 valence electrons. The van der Waals surface area contributed by atoms with Crippen molar-refractivity contribution in [2.45, 2.75) is 158 Å². The fourth-order valence-electron chi connectivity index (χ4n) is 17.2. The Bertz CT molecular complexity index is 6550. The number of hydrogen-bond donors (Lipinski definition) is 13. The molecule has 6 aliphatic rings. The van der Waals surface area contributed by atoms with Gasteiger partial charge >= 0.3 is 28.6 Å². The third-order valence-electron chi connectivity index (χ3n) is 24.9. The molecular formula is C100H108N10O35S3. The molecule has 7 aromatic carbocycles. The highest BCUT2D eigenvalue weighted by atomic mass is 32.3. The molecule has 148 heavy (non-hydrogen) atoms. The number of aromatic hydroxyl groups is 1. The van der Waals surface area contributed by atoms with E-state index in [1.54, 1.807) is 49.7 Å². The van der Waals surface area contributed by atoms with E-state index in [0.29, 0.717) is 64.3 Å². The van der Waals surface area contributed by atoms with E-state index in [4.69, 9.17) is 69.9 Å². The van der Waals surface area contributed by atoms with Gasteiger partial charge < -0.3 is 146 Å². The number of methoxy groups -OCH3 is 2. The molecule has 6 amide bonds. The van der Waals surface area contributed by atoms with Crippen molar-refractivity contribution < 1.29 is 168 Å². The van der Waals surface area contributed by atoms with E-state index in [-0.39, 0.29) is 179 Å². The number of aromatic nitrogens is 3. The van der Waals surface area contributed by atoms with Gasteiger partial charge in [-0.25, -0.2) is 24.0 Å². The maximum Gasteiger partial charge on any atom is 0.501 e. The van der Waals surface area contributed by atoms with Crippen LogP contribution in [-0.2, 0) is 132 Å². The lowest BCUT2D eigenvalue weighted by molar-refractivity contribution is -0.277. The van der Waals surface area contributed by atoms with Gasteiger partial charge in [0.15, 0.2) is 46.8 Å². The first-order valence-electron chi connectivity index (χ1n) is 46.6. The molecule has 3 unspecified atom stereocenters. The summed E-state index contributed by atoms with van der Waals surface area (Å²) in [7, 11) is -0.762. The van der Waals surface area contributed by atoms with Crippen molar-refractivity contribution in [1.29, 1.82) is 0 Å². The number of benzene rings is 7. The number of hydrogen-bond acceptors (Lipinski definition) is 39. The number of aliphatic hydroxyl groups is 9. The molecule has 16 rings (SSSR count). The van der Waals surface area contributed by atoms with Crippen molar-refractivity contribution in [3.63, 3.8) is 0 Å². The molecule has 0 bridgehead atoms. The Kier molecular flexibility index (Phi) is 34.9. The summed E-state index contributed by atoms with van der Waals surface area (Å²) in [5, 5.41) is 134. The number of phenols is 1. The van der Waals surface area contributed by atoms with Gasteiger partial charge in [-0.05, 0) is 153 Å². The Hall–Kier alpha value is -14.0. The van der Waals surface area contributed by atoms with Crippen LogP contribution in [0.1, 0.15) is 91.0 Å². The molecule has 2 fully saturated rings. The SMILES string of the molecule is C=C1C=CC(=O)N1CCOCCOCc1cn(CCOCCNC(=O)c2ccc(OC3O[C@H](C(=O)O)[C@H](O)[C@H](O)[C@H]3O)c(OS(=O)(=O)Oc3ccc(CN(C)Cc4cc(COc5cc(NC(=O)OCc6ccc(O)cc6)c(C(=O)N6Cc7ccsc7C[C@H]6CO)cc5OC)cc(COc5cc6c(cc5OC)C(=O)N5Cc7ccsc7C[C@H]5C(O)N6C(=O)OCc5ccc(OC6O[C@H](CO)[C@H](O)[C@H](O)[C@H]6O)cc5)c4)cc3)c2)nn1. The number of allylic oxidation sites excluding steroid dienone is 1. The van der Waals surface area contributed by atoms with E-state index in [1.807, 2.05) is 39.9 Å². The van der Waals surface area contributed by atoms with Crippen molar-refractivity contribution in [3.05, 3.63) is 264 Å². The fraction of sp³-hybridized carbons (Fsp3) is 0.370. The summed E-state index contributed by atoms with van der Waals surface area (Å²) in [6, 6.07) is 34.0. The number of nitrogens with one attached hydrogen (secondary N) is 2. The van der Waals surface area contributed by atoms with Gasteiger partial charge in [0.1, 0.15) is 92.1 Å². The lowest BCUT2D eigenvalue weighted by atomic mass is 9.99. The lowest BCUT2D eigenvalue weighted by Gasteiger charge is -2.39. The molecule has 0 spiro atoms. The zero-order chi connectivity index (χ0) is 105. The van der Waals surface area contributed by atoms with Crippen molar-refractivity contribution >= 4 is 86.2 Å². The third kappa shape index (κ3) is 25.9. The van der Waals surface area contributed by atoms with E-state index < -0.39 is 151 Å². The average molecular weight is 2110 g/mol. The van der Waals surface area contributed by atoms with Gasteiger partial charge in [0.2, 0.25) is 12.6 Å². The second kappa shape index (κ2) is 48.3. The summed E-state index contributed by atoms with van der Waals surface area (Å²) in [5.41, 5.74) is 5.50. The number of thiophene rings is 2. The number of aliphatic hydroxyl groups excluding tert-OH is 9. The number of amides is 6. The number of ether oxygens (including phenoxy) is 13. The van der Waals surface area contributed by atoms with E-state index in [0.717, 1.165) is 37.9 Å². The number of carbonyl (C=O) groups is 7. The number of fused-ring (bicyclic) bond motifs is 4. The Balaban J connectivity index is 0.631. The summed E-state index contributed by atoms with van der Waals surface area (Å²) in [6.07, 6.45) is -16.9. The molecule has 0 aliphatic carbocycles. The summed E-state index contributed by atoms with van der Waals surface area (Å²) in [6.45, 7) is 3.76. The molecule has 3 aromatic heterocycles. The monoisotopic (exact) mass is 2100 g/mol. The van der Waals surface area contributed by atoms with Crippen molar-refractivity contribution in [1.82, 2.24) is 39.9 Å². The maximum atomic E-state index is 15.2. The molecule has 13 N–H and O–H groups in total. The van der Waals surface area contributed by atoms with Crippen LogP contribution in [0.2, 0.25) is 0 Å². The number of carboxylic acid groups (broad SMARTS) is 1. The molecule has 0 radical (unpaired) electrons. The van der Waals surface area contributed by atoms with Crippen molar-refractivity contribution in [3.8, 4) is 51.7 Å². The van der Waals surface area contributed by atoms with Crippen molar-refractivity contribution in [2.24, 2.45) is 0 Å². The van der Waals surface area contributed by atoms with E-state index in [9.17, 15) is 88.6 Å². The maximum absolute atomic E-state index is 15.2. The number of aliphatic carboxylic acids is 1. The predicted octanol–water partition coefficient (Wildman–Crippen LogP) is 5.31. The predicted molar refractivity (Wildman–Crippen MR) is 520 cm³/mol. The van der Waals surface area contributed by atoms with Crippen LogP contribution < -0.4 is 52.3 Å². The number of anilines is 2. The number of nitrogens with zero attached hydrogens (tertiary/aromatic N) is 8. The number of rotatable bonds is 44. The first kappa shape index (κ1) is 107. The van der Waals surface area contributed by atoms with Gasteiger partial charge in [0.25, 0.3) is 23.6 Å². The van der Waals surface area contributed by atoms with Crippen LogP contribution in [-0.4, -0.2) is 301 Å². The van der Waals surface area contributed by atoms with Crippen molar-refractivity contribution in [2.75, 3.05) is 90.8 Å². The van der Waals surface area contributed by atoms with Gasteiger partial charge in [0.05, 0.1) is 114 Å². The summed E-state index contributed by atoms with van der Waals surface area (Å²) in [5.74, 6) is -5.23. The molecule has 6 aliphatic heterocycles. The summed E-state index contributed by atoms with van der Waals surface area (Å²) in [4.78, 5) is 106. The van der Waals surface area contributed by atoms with Crippen LogP contribution in [0, 0.1) is 0 Å². The van der Waals surface area contributed by atoms with Gasteiger partial charge in [-0.2, -0.15) is 0 Å². The fourth-order valence-corrected chi connectivity index (χ4v) is 19.8. The highest BCUT2D eigenvalue weighted by Crippen LogP contribution is 2.45. The average Bonchev–Trinajstić information content (AvgIpc) is 1.59. The van der Waals surface area contributed by atoms with Crippen LogP contribution in [0.4, 0.5) is 21.0 Å². The van der Waals surface area contributed by atoms with E-state index >= 15 is 9.59 Å². The Labute approximate surface area is 854 Å². The van der Waals surface area contributed by atoms with Crippen LogP contribution in [0.3, 0.4) is 0 Å². The Morgan fingerprint density at radius 1 is 0.588 bits per heavy atom. The number of carbonyl (C=O) groups excluding carboxylic acids is 6. The third-order valence-corrected chi connectivity index (χ3v) is 27.6. The lowest BCUT2D eigenvalue weighted by Crippen LogP contribution is -2.61. The normalized spacial score (nSPS) is 21.0. The quantitative estimate of drug-likeness (QED) is 0.0215. The van der Waals surface area contributed by atoms with Crippen LogP contribution in [0.15, 0.2) is 187 Å².